The van der Waals surface area contributed by atoms with E-state index in [1.165, 1.54) is 23.8 Å². The summed E-state index contributed by atoms with van der Waals surface area (Å²) in [5.41, 5.74) is 8.52. The molecule has 0 saturated heterocycles. The summed E-state index contributed by atoms with van der Waals surface area (Å²) in [6, 6.07) is 8.40. The van der Waals surface area contributed by atoms with Crippen LogP contribution in [0.4, 0.5) is 0 Å². The highest BCUT2D eigenvalue weighted by atomic mass is 16.3. The van der Waals surface area contributed by atoms with E-state index in [1.807, 2.05) is 6.07 Å². The van der Waals surface area contributed by atoms with Gasteiger partial charge in [0.2, 0.25) is 0 Å². The first-order valence-electron chi connectivity index (χ1n) is 5.50. The van der Waals surface area contributed by atoms with E-state index in [-0.39, 0.29) is 5.54 Å². The minimum atomic E-state index is 0.151. The molecule has 3 rings (SSSR count). The summed E-state index contributed by atoms with van der Waals surface area (Å²) >= 11 is 0. The Bertz CT molecular complexity index is 482. The second-order valence-corrected chi connectivity index (χ2v) is 4.66. The number of nitrogens with two attached hydrogens (primary N) is 1. The van der Waals surface area contributed by atoms with Crippen LogP contribution in [-0.4, -0.2) is 5.54 Å². The maximum Gasteiger partial charge on any atom is 0.134 e. The van der Waals surface area contributed by atoms with Crippen molar-refractivity contribution in [3.05, 3.63) is 36.1 Å². The minimum absolute atomic E-state index is 0.151. The van der Waals surface area contributed by atoms with E-state index in [4.69, 9.17) is 10.2 Å². The Balaban J connectivity index is 1.78. The Morgan fingerprint density at radius 2 is 2.13 bits per heavy atom. The van der Waals surface area contributed by atoms with Crippen LogP contribution in [0.2, 0.25) is 0 Å². The number of rotatable bonds is 3. The molecule has 0 amide bonds. The summed E-state index contributed by atoms with van der Waals surface area (Å²) in [7, 11) is 0. The van der Waals surface area contributed by atoms with Gasteiger partial charge in [0.15, 0.2) is 0 Å². The second-order valence-electron chi connectivity index (χ2n) is 4.66. The Morgan fingerprint density at radius 3 is 2.93 bits per heavy atom. The fraction of sp³-hybridized carbons (Fsp3) is 0.385. The molecular weight excluding hydrogens is 186 g/mol. The molecule has 0 bridgehead atoms. The van der Waals surface area contributed by atoms with Gasteiger partial charge in [-0.25, -0.2) is 0 Å². The van der Waals surface area contributed by atoms with Gasteiger partial charge in [0.05, 0.1) is 6.26 Å². The van der Waals surface area contributed by atoms with E-state index in [0.29, 0.717) is 0 Å². The third-order valence-electron chi connectivity index (χ3n) is 3.32. The highest BCUT2D eigenvalue weighted by Crippen LogP contribution is 2.36. The molecule has 1 heterocycles. The van der Waals surface area contributed by atoms with Gasteiger partial charge in [0.25, 0.3) is 0 Å². The lowest BCUT2D eigenvalue weighted by Gasteiger charge is -2.07. The molecule has 0 atom stereocenters. The van der Waals surface area contributed by atoms with Gasteiger partial charge >= 0.3 is 0 Å². The van der Waals surface area contributed by atoms with Crippen molar-refractivity contribution in [3.63, 3.8) is 0 Å². The molecule has 1 aliphatic rings. The molecule has 0 spiro atoms. The van der Waals surface area contributed by atoms with E-state index in [9.17, 15) is 0 Å². The zero-order chi connectivity index (χ0) is 10.3. The summed E-state index contributed by atoms with van der Waals surface area (Å²) in [4.78, 5) is 0. The van der Waals surface area contributed by atoms with Crippen molar-refractivity contribution in [1.29, 1.82) is 0 Å². The smallest absolute Gasteiger partial charge is 0.134 e. The molecule has 78 valence electrons. The fourth-order valence-electron chi connectivity index (χ4n) is 1.96. The maximum atomic E-state index is 6.06. The SMILES string of the molecule is NC1(CCc2ccc3ccoc3c2)CC1. The van der Waals surface area contributed by atoms with Gasteiger partial charge in [0.1, 0.15) is 5.58 Å². The van der Waals surface area contributed by atoms with Crippen LogP contribution in [-0.2, 0) is 6.42 Å². The first kappa shape index (κ1) is 8.98. The first-order chi connectivity index (χ1) is 7.25. The maximum absolute atomic E-state index is 6.06. The molecular formula is C13H15NO. The number of furan rings is 1. The Morgan fingerprint density at radius 1 is 1.27 bits per heavy atom. The lowest BCUT2D eigenvalue weighted by molar-refractivity contribution is 0.603. The van der Waals surface area contributed by atoms with Gasteiger partial charge in [-0.2, -0.15) is 0 Å². The van der Waals surface area contributed by atoms with Gasteiger partial charge in [-0.3, -0.25) is 0 Å². The zero-order valence-corrected chi connectivity index (χ0v) is 8.70. The minimum Gasteiger partial charge on any atom is -0.464 e. The molecule has 2 aromatic rings. The predicted molar refractivity (Wildman–Crippen MR) is 60.7 cm³/mol. The second kappa shape index (κ2) is 3.11. The lowest BCUT2D eigenvalue weighted by Crippen LogP contribution is -2.21. The summed E-state index contributed by atoms with van der Waals surface area (Å²) < 4.78 is 5.37. The number of aryl methyl sites for hydroxylation is 1. The van der Waals surface area contributed by atoms with Crippen LogP contribution >= 0.6 is 0 Å². The van der Waals surface area contributed by atoms with Crippen LogP contribution in [0.25, 0.3) is 11.0 Å². The van der Waals surface area contributed by atoms with Crippen LogP contribution in [0.15, 0.2) is 34.9 Å². The molecule has 2 N–H and O–H groups in total. The summed E-state index contributed by atoms with van der Waals surface area (Å²) in [6.07, 6.45) is 6.28. The third kappa shape index (κ3) is 1.77. The van der Waals surface area contributed by atoms with E-state index in [1.54, 1.807) is 6.26 Å². The van der Waals surface area contributed by atoms with Crippen molar-refractivity contribution in [1.82, 2.24) is 0 Å². The van der Waals surface area contributed by atoms with E-state index < -0.39 is 0 Å². The molecule has 1 fully saturated rings. The largest absolute Gasteiger partial charge is 0.464 e. The predicted octanol–water partition coefficient (Wildman–Crippen LogP) is 2.86. The number of hydrogen-bond acceptors (Lipinski definition) is 2. The molecule has 15 heavy (non-hydrogen) atoms. The average molecular weight is 201 g/mol. The standard InChI is InChI=1S/C13H15NO/c14-13(6-7-13)5-3-10-1-2-11-4-8-15-12(11)9-10/h1-2,4,8-9H,3,5-7,14H2. The lowest BCUT2D eigenvalue weighted by atomic mass is 10.0. The highest BCUT2D eigenvalue weighted by molar-refractivity contribution is 5.77. The van der Waals surface area contributed by atoms with Gasteiger partial charge in [-0.15, -0.1) is 0 Å². The van der Waals surface area contributed by atoms with Gasteiger partial charge < -0.3 is 10.2 Å². The van der Waals surface area contributed by atoms with E-state index in [2.05, 4.69) is 18.2 Å². The molecule has 1 aromatic carbocycles. The van der Waals surface area contributed by atoms with Crippen molar-refractivity contribution in [3.8, 4) is 0 Å². The molecule has 0 radical (unpaired) electrons. The monoisotopic (exact) mass is 201 g/mol. The molecule has 2 nitrogen and oxygen atoms in total. The topological polar surface area (TPSA) is 39.2 Å². The summed E-state index contributed by atoms with van der Waals surface area (Å²) in [5, 5.41) is 1.17. The first-order valence-corrected chi connectivity index (χ1v) is 5.50. The Hall–Kier alpha value is -1.28. The van der Waals surface area contributed by atoms with Crippen LogP contribution in [0, 0.1) is 0 Å². The normalized spacial score (nSPS) is 18.2. The van der Waals surface area contributed by atoms with Crippen molar-refractivity contribution in [2.45, 2.75) is 31.2 Å². The van der Waals surface area contributed by atoms with Crippen LogP contribution < -0.4 is 5.73 Å². The third-order valence-corrected chi connectivity index (χ3v) is 3.32. The number of fused-ring (bicyclic) bond motifs is 1. The van der Waals surface area contributed by atoms with Crippen LogP contribution in [0.1, 0.15) is 24.8 Å². The van der Waals surface area contributed by atoms with Gasteiger partial charge in [-0.1, -0.05) is 12.1 Å². The summed E-state index contributed by atoms with van der Waals surface area (Å²) in [6.45, 7) is 0. The molecule has 1 aromatic heterocycles. The number of benzene rings is 1. The zero-order valence-electron chi connectivity index (χ0n) is 8.70. The Kier molecular flexibility index (Phi) is 1.86. The summed E-state index contributed by atoms with van der Waals surface area (Å²) in [5.74, 6) is 0. The van der Waals surface area contributed by atoms with Crippen molar-refractivity contribution in [2.24, 2.45) is 5.73 Å². The quantitative estimate of drug-likeness (QED) is 0.829. The fourth-order valence-corrected chi connectivity index (χ4v) is 1.96. The number of hydrogen-bond donors (Lipinski definition) is 1. The van der Waals surface area contributed by atoms with Crippen molar-refractivity contribution < 1.29 is 4.42 Å². The average Bonchev–Trinajstić information content (AvgIpc) is 2.80. The molecule has 1 aliphatic carbocycles. The molecule has 0 unspecified atom stereocenters. The van der Waals surface area contributed by atoms with E-state index in [0.717, 1.165) is 18.4 Å². The Labute approximate surface area is 89.1 Å². The van der Waals surface area contributed by atoms with Gasteiger partial charge in [-0.05, 0) is 43.4 Å². The molecule has 0 aliphatic heterocycles. The van der Waals surface area contributed by atoms with Gasteiger partial charge in [0, 0.05) is 10.9 Å². The molecule has 2 heteroatoms. The molecule has 1 saturated carbocycles. The van der Waals surface area contributed by atoms with E-state index >= 15 is 0 Å². The van der Waals surface area contributed by atoms with Crippen LogP contribution in [0.3, 0.4) is 0 Å². The van der Waals surface area contributed by atoms with Crippen molar-refractivity contribution in [2.75, 3.05) is 0 Å². The van der Waals surface area contributed by atoms with Crippen molar-refractivity contribution >= 4 is 11.0 Å². The highest BCUT2D eigenvalue weighted by Gasteiger charge is 2.37. The van der Waals surface area contributed by atoms with Crippen LogP contribution in [0.5, 0.6) is 0 Å².